The number of ether oxygens (including phenoxy) is 1. The number of amides is 1. The zero-order chi connectivity index (χ0) is 19.3. The second-order valence-corrected chi connectivity index (χ2v) is 7.51. The molecule has 0 aromatic carbocycles. The van der Waals surface area contributed by atoms with Gasteiger partial charge < -0.3 is 14.2 Å². The highest BCUT2D eigenvalue weighted by molar-refractivity contribution is 5.82. The summed E-state index contributed by atoms with van der Waals surface area (Å²) >= 11 is 0. The van der Waals surface area contributed by atoms with Gasteiger partial charge in [-0.3, -0.25) is 9.78 Å². The number of piperidine rings is 1. The average Bonchev–Trinajstić information content (AvgIpc) is 3.42. The Morgan fingerprint density at radius 1 is 1.29 bits per heavy atom. The summed E-state index contributed by atoms with van der Waals surface area (Å²) in [5.74, 6) is 1.50. The van der Waals surface area contributed by atoms with Gasteiger partial charge in [0.05, 0.1) is 6.61 Å². The molecule has 2 saturated heterocycles. The van der Waals surface area contributed by atoms with E-state index in [2.05, 4.69) is 25.4 Å². The minimum Gasteiger partial charge on any atom is -0.383 e. The van der Waals surface area contributed by atoms with Crippen LogP contribution in [0.5, 0.6) is 0 Å². The van der Waals surface area contributed by atoms with Crippen LogP contribution in [0.3, 0.4) is 0 Å². The molecule has 2 N–H and O–H groups in total. The van der Waals surface area contributed by atoms with Gasteiger partial charge in [0.2, 0.25) is 5.91 Å². The number of nitrogens with zero attached hydrogens (tertiary/aromatic N) is 4. The normalized spacial score (nSPS) is 25.2. The van der Waals surface area contributed by atoms with Crippen molar-refractivity contribution < 1.29 is 9.53 Å². The Morgan fingerprint density at radius 3 is 2.96 bits per heavy atom. The van der Waals surface area contributed by atoms with Gasteiger partial charge >= 0.3 is 0 Å². The lowest BCUT2D eigenvalue weighted by atomic mass is 9.95. The molecule has 0 saturated carbocycles. The Bertz CT molecular complexity index is 780. The molecule has 0 aliphatic carbocycles. The summed E-state index contributed by atoms with van der Waals surface area (Å²) in [5, 5.41) is 0. The third kappa shape index (κ3) is 4.09. The van der Waals surface area contributed by atoms with Gasteiger partial charge in [-0.05, 0) is 37.0 Å². The number of carbonyl (C=O) groups is 1. The monoisotopic (exact) mass is 384 g/mol. The molecular formula is C20H28N6O2. The maximum absolute atomic E-state index is 13.1. The van der Waals surface area contributed by atoms with E-state index in [1.165, 1.54) is 0 Å². The van der Waals surface area contributed by atoms with Crippen LogP contribution in [0.4, 0.5) is 0 Å². The molecule has 1 amide bonds. The summed E-state index contributed by atoms with van der Waals surface area (Å²) in [6.45, 7) is 2.98. The number of hydrogen-bond donors (Lipinski definition) is 2. The number of pyridine rings is 1. The van der Waals surface area contributed by atoms with Crippen LogP contribution in [-0.4, -0.2) is 58.2 Å². The number of nitrogens with one attached hydrogen (secondary N) is 2. The first kappa shape index (κ1) is 19.0. The van der Waals surface area contributed by atoms with E-state index in [-0.39, 0.29) is 23.9 Å². The largest absolute Gasteiger partial charge is 0.383 e. The fourth-order valence-electron chi connectivity index (χ4n) is 4.20. The fraction of sp³-hybridized carbons (Fsp3) is 0.550. The third-order valence-electron chi connectivity index (χ3n) is 5.69. The number of hydrazine groups is 1. The molecule has 3 atom stereocenters. The van der Waals surface area contributed by atoms with Crippen LogP contribution in [0.15, 0.2) is 36.9 Å². The molecule has 3 unspecified atom stereocenters. The van der Waals surface area contributed by atoms with Gasteiger partial charge in [-0.15, -0.1) is 0 Å². The predicted octanol–water partition coefficient (Wildman–Crippen LogP) is 1.24. The van der Waals surface area contributed by atoms with E-state index in [0.29, 0.717) is 6.61 Å². The van der Waals surface area contributed by atoms with Crippen molar-refractivity contribution in [1.29, 1.82) is 0 Å². The molecule has 2 aromatic heterocycles. The number of imidazole rings is 1. The lowest BCUT2D eigenvalue weighted by Crippen LogP contribution is -2.49. The van der Waals surface area contributed by atoms with E-state index in [1.54, 1.807) is 19.5 Å². The van der Waals surface area contributed by atoms with Gasteiger partial charge in [0, 0.05) is 63.5 Å². The SMILES string of the molecule is COCCn1ccnc1C1CCCN(C(=O)C2CC(c3ccncc3)NN2)C1. The second-order valence-electron chi connectivity index (χ2n) is 7.51. The van der Waals surface area contributed by atoms with Crippen molar-refractivity contribution in [3.63, 3.8) is 0 Å². The number of carbonyl (C=O) groups excluding carboxylic acids is 1. The molecule has 8 nitrogen and oxygen atoms in total. The summed E-state index contributed by atoms with van der Waals surface area (Å²) in [6, 6.07) is 3.90. The number of likely N-dealkylation sites (tertiary alicyclic amines) is 1. The van der Waals surface area contributed by atoms with Crippen molar-refractivity contribution in [1.82, 2.24) is 30.3 Å². The molecule has 4 heterocycles. The summed E-state index contributed by atoms with van der Waals surface area (Å²) in [6.07, 6.45) is 10.2. The highest BCUT2D eigenvalue weighted by atomic mass is 16.5. The standard InChI is InChI=1S/C20H28N6O2/c1-28-12-11-25-10-8-22-19(25)16-3-2-9-26(14-16)20(27)18-13-17(23-24-18)15-4-6-21-7-5-15/h4-8,10,16-18,23-24H,2-3,9,11-14H2,1H3. The average molecular weight is 384 g/mol. The Labute approximate surface area is 165 Å². The summed E-state index contributed by atoms with van der Waals surface area (Å²) < 4.78 is 7.35. The zero-order valence-corrected chi connectivity index (χ0v) is 16.3. The molecule has 0 bridgehead atoms. The number of aromatic nitrogens is 3. The molecule has 0 spiro atoms. The van der Waals surface area contributed by atoms with Crippen molar-refractivity contribution >= 4 is 5.91 Å². The minimum absolute atomic E-state index is 0.130. The number of hydrogen-bond acceptors (Lipinski definition) is 6. The number of methoxy groups -OCH3 is 1. The van der Waals surface area contributed by atoms with E-state index < -0.39 is 0 Å². The minimum atomic E-state index is -0.204. The summed E-state index contributed by atoms with van der Waals surface area (Å²) in [5.41, 5.74) is 7.60. The summed E-state index contributed by atoms with van der Waals surface area (Å²) in [7, 11) is 1.71. The first-order chi connectivity index (χ1) is 13.8. The smallest absolute Gasteiger partial charge is 0.241 e. The van der Waals surface area contributed by atoms with Crippen LogP contribution < -0.4 is 10.9 Å². The van der Waals surface area contributed by atoms with Crippen LogP contribution in [-0.2, 0) is 16.1 Å². The van der Waals surface area contributed by atoms with Crippen molar-refractivity contribution in [3.05, 3.63) is 48.3 Å². The Balaban J connectivity index is 1.38. The third-order valence-corrected chi connectivity index (χ3v) is 5.69. The Morgan fingerprint density at radius 2 is 2.14 bits per heavy atom. The van der Waals surface area contributed by atoms with Crippen molar-refractivity contribution in [2.24, 2.45) is 0 Å². The van der Waals surface area contributed by atoms with E-state index in [0.717, 1.165) is 50.3 Å². The molecule has 28 heavy (non-hydrogen) atoms. The molecule has 2 aliphatic rings. The van der Waals surface area contributed by atoms with Crippen LogP contribution >= 0.6 is 0 Å². The van der Waals surface area contributed by atoms with Gasteiger partial charge in [-0.1, -0.05) is 0 Å². The second kappa shape index (κ2) is 8.81. The van der Waals surface area contributed by atoms with Crippen LogP contribution in [0.1, 0.15) is 42.6 Å². The lowest BCUT2D eigenvalue weighted by molar-refractivity contribution is -0.134. The van der Waals surface area contributed by atoms with Crippen LogP contribution in [0.25, 0.3) is 0 Å². The molecule has 2 fully saturated rings. The van der Waals surface area contributed by atoms with Crippen LogP contribution in [0.2, 0.25) is 0 Å². The predicted molar refractivity (Wildman–Crippen MR) is 104 cm³/mol. The van der Waals surface area contributed by atoms with Gasteiger partial charge in [0.1, 0.15) is 11.9 Å². The highest BCUT2D eigenvalue weighted by Crippen LogP contribution is 2.28. The van der Waals surface area contributed by atoms with Gasteiger partial charge in [-0.25, -0.2) is 15.8 Å². The van der Waals surface area contributed by atoms with E-state index in [1.807, 2.05) is 29.4 Å². The van der Waals surface area contributed by atoms with E-state index in [9.17, 15) is 4.79 Å². The van der Waals surface area contributed by atoms with Gasteiger partial charge in [-0.2, -0.15) is 0 Å². The number of rotatable bonds is 6. The first-order valence-corrected chi connectivity index (χ1v) is 9.96. The summed E-state index contributed by atoms with van der Waals surface area (Å²) in [4.78, 5) is 23.7. The Kier molecular flexibility index (Phi) is 5.99. The lowest BCUT2D eigenvalue weighted by Gasteiger charge is -2.34. The molecule has 2 aliphatic heterocycles. The molecular weight excluding hydrogens is 356 g/mol. The van der Waals surface area contributed by atoms with Crippen molar-refractivity contribution in [2.75, 3.05) is 26.8 Å². The first-order valence-electron chi connectivity index (χ1n) is 9.96. The maximum atomic E-state index is 13.1. The van der Waals surface area contributed by atoms with Crippen molar-refractivity contribution in [3.8, 4) is 0 Å². The van der Waals surface area contributed by atoms with Crippen LogP contribution in [0, 0.1) is 0 Å². The molecule has 150 valence electrons. The van der Waals surface area contributed by atoms with Gasteiger partial charge in [0.15, 0.2) is 0 Å². The molecule has 2 aromatic rings. The van der Waals surface area contributed by atoms with E-state index in [4.69, 9.17) is 4.74 Å². The van der Waals surface area contributed by atoms with E-state index >= 15 is 0 Å². The van der Waals surface area contributed by atoms with Gasteiger partial charge in [0.25, 0.3) is 0 Å². The Hall–Kier alpha value is -2.29. The highest BCUT2D eigenvalue weighted by Gasteiger charge is 2.35. The van der Waals surface area contributed by atoms with Crippen molar-refractivity contribution in [2.45, 2.75) is 43.8 Å². The fourth-order valence-corrected chi connectivity index (χ4v) is 4.20. The molecule has 8 heteroatoms. The maximum Gasteiger partial charge on any atom is 0.241 e. The molecule has 4 rings (SSSR count). The molecule has 0 radical (unpaired) electrons. The zero-order valence-electron chi connectivity index (χ0n) is 16.3. The quantitative estimate of drug-likeness (QED) is 0.780. The topological polar surface area (TPSA) is 84.3 Å².